The molecule has 0 saturated heterocycles. The van der Waals surface area contributed by atoms with E-state index in [1.54, 1.807) is 24.1 Å². The van der Waals surface area contributed by atoms with E-state index in [0.717, 1.165) is 13.0 Å². The Balaban J connectivity index is 2.73. The molecule has 1 rings (SSSR count). The van der Waals surface area contributed by atoms with Crippen LogP contribution in [0.5, 0.6) is 0 Å². The first-order chi connectivity index (χ1) is 5.75. The van der Waals surface area contributed by atoms with Crippen LogP contribution < -0.4 is 4.90 Å². The molecule has 0 unspecified atom stereocenters. The number of nitrogens with zero attached hydrogens (tertiary/aromatic N) is 2. The number of aromatic nitrogens is 2. The van der Waals surface area contributed by atoms with Crippen molar-refractivity contribution in [1.29, 1.82) is 0 Å². The van der Waals surface area contributed by atoms with E-state index in [9.17, 15) is 4.79 Å². The summed E-state index contributed by atoms with van der Waals surface area (Å²) in [6, 6.07) is 1.79. The van der Waals surface area contributed by atoms with Gasteiger partial charge in [-0.25, -0.2) is 0 Å². The zero-order chi connectivity index (χ0) is 8.97. The third-order valence-corrected chi connectivity index (χ3v) is 1.59. The fraction of sp³-hybridized carbons (Fsp3) is 0.500. The van der Waals surface area contributed by atoms with Gasteiger partial charge in [0.15, 0.2) is 5.82 Å². The molecule has 4 heteroatoms. The zero-order valence-corrected chi connectivity index (χ0v) is 7.37. The van der Waals surface area contributed by atoms with Gasteiger partial charge in [-0.2, -0.15) is 5.10 Å². The average molecular weight is 167 g/mol. The Morgan fingerprint density at radius 1 is 1.75 bits per heavy atom. The van der Waals surface area contributed by atoms with Crippen LogP contribution in [-0.4, -0.2) is 22.6 Å². The molecular weight excluding hydrogens is 154 g/mol. The summed E-state index contributed by atoms with van der Waals surface area (Å²) in [4.78, 5) is 12.8. The Morgan fingerprint density at radius 3 is 2.92 bits per heavy atom. The number of anilines is 1. The van der Waals surface area contributed by atoms with Gasteiger partial charge in [0.25, 0.3) is 0 Å². The summed E-state index contributed by atoms with van der Waals surface area (Å²) in [6.45, 7) is 4.30. The highest BCUT2D eigenvalue weighted by atomic mass is 16.2. The molecule has 0 aliphatic heterocycles. The Morgan fingerprint density at radius 2 is 2.50 bits per heavy atom. The minimum Gasteiger partial charge on any atom is -0.296 e. The second kappa shape index (κ2) is 3.90. The summed E-state index contributed by atoms with van der Waals surface area (Å²) in [5.41, 5.74) is 0. The number of aromatic amines is 1. The van der Waals surface area contributed by atoms with E-state index in [-0.39, 0.29) is 5.91 Å². The monoisotopic (exact) mass is 167 g/mol. The Bertz CT molecular complexity index is 243. The van der Waals surface area contributed by atoms with Crippen LogP contribution in [0.2, 0.25) is 0 Å². The lowest BCUT2D eigenvalue weighted by atomic mass is 10.4. The number of nitrogens with one attached hydrogen (secondary N) is 1. The second-order valence-corrected chi connectivity index (χ2v) is 2.60. The number of carbonyl (C=O) groups is 1. The molecule has 0 aliphatic rings. The number of hydrogen-bond donors (Lipinski definition) is 1. The molecule has 1 heterocycles. The summed E-state index contributed by atoms with van der Waals surface area (Å²) in [6.07, 6.45) is 2.65. The fourth-order valence-corrected chi connectivity index (χ4v) is 1.06. The van der Waals surface area contributed by atoms with Crippen molar-refractivity contribution in [1.82, 2.24) is 10.2 Å². The molecule has 66 valence electrons. The number of hydrogen-bond acceptors (Lipinski definition) is 2. The van der Waals surface area contributed by atoms with Gasteiger partial charge in [0.1, 0.15) is 0 Å². The number of H-pyrrole nitrogens is 1. The molecule has 0 saturated carbocycles. The normalized spacial score (nSPS) is 9.83. The van der Waals surface area contributed by atoms with Crippen molar-refractivity contribution in [3.8, 4) is 0 Å². The predicted molar refractivity (Wildman–Crippen MR) is 46.9 cm³/mol. The maximum Gasteiger partial charge on any atom is 0.225 e. The minimum absolute atomic E-state index is 0.0314. The number of amides is 1. The molecule has 12 heavy (non-hydrogen) atoms. The molecule has 0 aliphatic carbocycles. The van der Waals surface area contributed by atoms with E-state index < -0.39 is 0 Å². The van der Waals surface area contributed by atoms with Crippen molar-refractivity contribution in [2.24, 2.45) is 0 Å². The van der Waals surface area contributed by atoms with Crippen LogP contribution in [-0.2, 0) is 4.79 Å². The van der Waals surface area contributed by atoms with E-state index in [0.29, 0.717) is 5.82 Å². The lowest BCUT2D eigenvalue weighted by Gasteiger charge is -2.16. The maximum absolute atomic E-state index is 11.1. The predicted octanol–water partition coefficient (Wildman–Crippen LogP) is 1.17. The fourth-order valence-electron chi connectivity index (χ4n) is 1.06. The smallest absolute Gasteiger partial charge is 0.225 e. The molecule has 1 aromatic heterocycles. The van der Waals surface area contributed by atoms with Crippen LogP contribution >= 0.6 is 0 Å². The van der Waals surface area contributed by atoms with Gasteiger partial charge in [0.2, 0.25) is 5.91 Å². The molecule has 0 radical (unpaired) electrons. The van der Waals surface area contributed by atoms with E-state index in [1.165, 1.54) is 0 Å². The minimum atomic E-state index is 0.0314. The number of rotatable bonds is 3. The Kier molecular flexibility index (Phi) is 2.85. The molecule has 1 N–H and O–H groups in total. The van der Waals surface area contributed by atoms with Crippen LogP contribution in [0.3, 0.4) is 0 Å². The lowest BCUT2D eigenvalue weighted by Crippen LogP contribution is -2.29. The number of carbonyl (C=O) groups excluding carboxylic acids is 1. The van der Waals surface area contributed by atoms with Crippen molar-refractivity contribution in [3.05, 3.63) is 12.3 Å². The van der Waals surface area contributed by atoms with Gasteiger partial charge in [0, 0.05) is 25.7 Å². The highest BCUT2D eigenvalue weighted by Crippen LogP contribution is 2.08. The van der Waals surface area contributed by atoms with Gasteiger partial charge < -0.3 is 0 Å². The summed E-state index contributed by atoms with van der Waals surface area (Å²) < 4.78 is 0. The van der Waals surface area contributed by atoms with Gasteiger partial charge >= 0.3 is 0 Å². The summed E-state index contributed by atoms with van der Waals surface area (Å²) >= 11 is 0. The van der Waals surface area contributed by atoms with Crippen LogP contribution in [0, 0.1) is 0 Å². The third kappa shape index (κ3) is 1.84. The van der Waals surface area contributed by atoms with Crippen LogP contribution in [0.25, 0.3) is 0 Å². The van der Waals surface area contributed by atoms with Crippen molar-refractivity contribution >= 4 is 11.7 Å². The van der Waals surface area contributed by atoms with Crippen molar-refractivity contribution in [3.63, 3.8) is 0 Å². The van der Waals surface area contributed by atoms with Crippen molar-refractivity contribution in [2.75, 3.05) is 11.4 Å². The Hall–Kier alpha value is -1.32. The first kappa shape index (κ1) is 8.77. The standard InChI is InChI=1S/C8H13N3O/c1-3-6-11(7(2)12)8-4-5-9-10-8/h4-5H,3,6H2,1-2H3,(H,9,10). The molecule has 0 spiro atoms. The van der Waals surface area contributed by atoms with Gasteiger partial charge in [-0.3, -0.25) is 14.8 Å². The topological polar surface area (TPSA) is 49.0 Å². The SMILES string of the molecule is CCCN(C(C)=O)c1cc[nH]n1. The van der Waals surface area contributed by atoms with Gasteiger partial charge in [0.05, 0.1) is 0 Å². The van der Waals surface area contributed by atoms with Crippen molar-refractivity contribution < 1.29 is 4.79 Å². The second-order valence-electron chi connectivity index (χ2n) is 2.60. The van der Waals surface area contributed by atoms with E-state index >= 15 is 0 Å². The average Bonchev–Trinajstić information content (AvgIpc) is 2.51. The van der Waals surface area contributed by atoms with Crippen LogP contribution in [0.1, 0.15) is 20.3 Å². The summed E-state index contributed by atoms with van der Waals surface area (Å²) in [5.74, 6) is 0.730. The highest BCUT2D eigenvalue weighted by molar-refractivity contribution is 5.90. The van der Waals surface area contributed by atoms with Crippen molar-refractivity contribution in [2.45, 2.75) is 20.3 Å². The maximum atomic E-state index is 11.1. The van der Waals surface area contributed by atoms with Gasteiger partial charge in [-0.05, 0) is 6.42 Å². The van der Waals surface area contributed by atoms with E-state index in [2.05, 4.69) is 10.2 Å². The molecule has 0 fully saturated rings. The molecule has 1 amide bonds. The van der Waals surface area contributed by atoms with Crippen LogP contribution in [0.4, 0.5) is 5.82 Å². The molecule has 0 aromatic carbocycles. The van der Waals surface area contributed by atoms with E-state index in [4.69, 9.17) is 0 Å². The highest BCUT2D eigenvalue weighted by Gasteiger charge is 2.10. The first-order valence-electron chi connectivity index (χ1n) is 4.03. The first-order valence-corrected chi connectivity index (χ1v) is 4.03. The lowest BCUT2D eigenvalue weighted by molar-refractivity contribution is -0.116. The zero-order valence-electron chi connectivity index (χ0n) is 7.37. The summed E-state index contributed by atoms with van der Waals surface area (Å²) in [7, 11) is 0. The van der Waals surface area contributed by atoms with Gasteiger partial charge in [-0.1, -0.05) is 6.92 Å². The molecule has 0 atom stereocenters. The third-order valence-electron chi connectivity index (χ3n) is 1.59. The van der Waals surface area contributed by atoms with E-state index in [1.807, 2.05) is 6.92 Å². The molecule has 1 aromatic rings. The van der Waals surface area contributed by atoms with Gasteiger partial charge in [-0.15, -0.1) is 0 Å². The molecule has 0 bridgehead atoms. The largest absolute Gasteiger partial charge is 0.296 e. The van der Waals surface area contributed by atoms with Crippen LogP contribution in [0.15, 0.2) is 12.3 Å². The summed E-state index contributed by atoms with van der Waals surface area (Å²) in [5, 5.41) is 6.62. The molecule has 4 nitrogen and oxygen atoms in total. The Labute approximate surface area is 71.6 Å². The quantitative estimate of drug-likeness (QED) is 0.734. The molecular formula is C8H13N3O.